The summed E-state index contributed by atoms with van der Waals surface area (Å²) in [7, 11) is 0. The highest BCUT2D eigenvalue weighted by molar-refractivity contribution is 4.60. The monoisotopic (exact) mass is 74.1 g/mol. The van der Waals surface area contributed by atoms with Crippen molar-refractivity contribution in [2.45, 2.75) is 13.3 Å². The Balaban J connectivity index is 0. The van der Waals surface area contributed by atoms with Crippen LogP contribution < -0.4 is 0 Å². The van der Waals surface area contributed by atoms with Crippen LogP contribution in [0.5, 0.6) is 0 Å². The van der Waals surface area contributed by atoms with Crippen molar-refractivity contribution in [3.8, 4) is 0 Å². The van der Waals surface area contributed by atoms with Crippen molar-refractivity contribution in [2.24, 2.45) is 0 Å². The number of hydrogen-bond acceptors (Lipinski definition) is 0. The lowest BCUT2D eigenvalue weighted by Crippen LogP contribution is -1.36. The smallest absolute Gasteiger partial charge is 0.0382 e. The quantitative estimate of drug-likeness (QED) is 0.411. The summed E-state index contributed by atoms with van der Waals surface area (Å²) in [5.41, 5.74) is 0. The van der Waals surface area contributed by atoms with Gasteiger partial charge in [0.05, 0.1) is 0 Å². The summed E-state index contributed by atoms with van der Waals surface area (Å²) in [5.74, 6) is 0. The zero-order valence-electron chi connectivity index (χ0n) is 3.49. The maximum absolute atomic E-state index is 3.48. The Labute approximate surface area is 32.6 Å². The van der Waals surface area contributed by atoms with Gasteiger partial charge < -0.3 is 5.48 Å². The molecule has 0 aromatic carbocycles. The summed E-state index contributed by atoms with van der Waals surface area (Å²) in [6.45, 7) is 5.54. The van der Waals surface area contributed by atoms with Crippen molar-refractivity contribution in [3.05, 3.63) is 12.7 Å². The maximum Gasteiger partial charge on any atom is -0.0382 e. The molecule has 0 unspecified atom stereocenters. The SMILES string of the molecule is C=CCC.O. The number of hydrogen-bond donors (Lipinski definition) is 0. The molecule has 0 aliphatic heterocycles. The van der Waals surface area contributed by atoms with Gasteiger partial charge in [-0.2, -0.15) is 0 Å². The van der Waals surface area contributed by atoms with E-state index < -0.39 is 0 Å². The average Bonchev–Trinajstić information content (AvgIpc) is 1.37. The van der Waals surface area contributed by atoms with E-state index in [4.69, 9.17) is 0 Å². The van der Waals surface area contributed by atoms with Crippen LogP contribution in [-0.4, -0.2) is 5.48 Å². The van der Waals surface area contributed by atoms with Gasteiger partial charge in [-0.25, -0.2) is 0 Å². The van der Waals surface area contributed by atoms with Crippen LogP contribution in [0.2, 0.25) is 0 Å². The molecule has 0 aliphatic rings. The summed E-state index contributed by atoms with van der Waals surface area (Å²) >= 11 is 0. The van der Waals surface area contributed by atoms with Gasteiger partial charge in [-0.05, 0) is 6.42 Å². The molecule has 0 bridgehead atoms. The fourth-order valence-electron chi connectivity index (χ4n) is 0. The standard InChI is InChI=1S/C4H8.H2O/c1-3-4-2;/h3H,1,4H2,2H3;1H2. The van der Waals surface area contributed by atoms with Crippen LogP contribution >= 0.6 is 0 Å². The summed E-state index contributed by atoms with van der Waals surface area (Å²) in [5, 5.41) is 0. The molecule has 0 fully saturated rings. The van der Waals surface area contributed by atoms with E-state index in [0.717, 1.165) is 6.42 Å². The molecule has 0 rings (SSSR count). The molecule has 0 spiro atoms. The molecule has 0 aromatic rings. The Morgan fingerprint density at radius 1 is 1.80 bits per heavy atom. The molecule has 0 aliphatic carbocycles. The fourth-order valence-corrected chi connectivity index (χ4v) is 0. The third-order valence-electron chi connectivity index (χ3n) is 0.289. The van der Waals surface area contributed by atoms with Gasteiger partial charge in [-0.15, -0.1) is 6.58 Å². The van der Waals surface area contributed by atoms with E-state index in [-0.39, 0.29) is 5.48 Å². The lowest BCUT2D eigenvalue weighted by atomic mass is 10.5. The van der Waals surface area contributed by atoms with E-state index in [2.05, 4.69) is 13.5 Å². The molecule has 0 amide bonds. The van der Waals surface area contributed by atoms with E-state index >= 15 is 0 Å². The third kappa shape index (κ3) is 21.8. The van der Waals surface area contributed by atoms with Gasteiger partial charge in [0.15, 0.2) is 0 Å². The maximum atomic E-state index is 3.48. The Morgan fingerprint density at radius 3 is 2.00 bits per heavy atom. The molecule has 0 aromatic heterocycles. The molecule has 1 heteroatoms. The molecule has 1 nitrogen and oxygen atoms in total. The number of rotatable bonds is 1. The topological polar surface area (TPSA) is 31.5 Å². The molecule has 0 saturated heterocycles. The Hall–Kier alpha value is -0.300. The normalized spacial score (nSPS) is 5.00. The molecule has 2 N–H and O–H groups in total. The predicted octanol–water partition coefficient (Wildman–Crippen LogP) is 0.758. The van der Waals surface area contributed by atoms with Gasteiger partial charge in [-0.3, -0.25) is 0 Å². The first kappa shape index (κ1) is 8.83. The summed E-state index contributed by atoms with van der Waals surface area (Å²) in [6, 6.07) is 0. The fraction of sp³-hybridized carbons (Fsp3) is 0.500. The summed E-state index contributed by atoms with van der Waals surface area (Å²) < 4.78 is 0. The predicted molar refractivity (Wildman–Crippen MR) is 24.1 cm³/mol. The van der Waals surface area contributed by atoms with Gasteiger partial charge >= 0.3 is 0 Å². The van der Waals surface area contributed by atoms with Crippen molar-refractivity contribution in [3.63, 3.8) is 0 Å². The van der Waals surface area contributed by atoms with E-state index in [0.29, 0.717) is 0 Å². The second-order valence-corrected chi connectivity index (χ2v) is 0.697. The van der Waals surface area contributed by atoms with E-state index in [9.17, 15) is 0 Å². The summed E-state index contributed by atoms with van der Waals surface area (Å²) in [4.78, 5) is 0. The molecular weight excluding hydrogens is 64.0 g/mol. The van der Waals surface area contributed by atoms with Crippen molar-refractivity contribution >= 4 is 0 Å². The molecular formula is C4H10O. The second kappa shape index (κ2) is 9.33. The van der Waals surface area contributed by atoms with Crippen molar-refractivity contribution in [1.29, 1.82) is 0 Å². The van der Waals surface area contributed by atoms with E-state index in [1.54, 1.807) is 0 Å². The van der Waals surface area contributed by atoms with Gasteiger partial charge in [0, 0.05) is 0 Å². The lowest BCUT2D eigenvalue weighted by Gasteiger charge is -1.57. The van der Waals surface area contributed by atoms with Gasteiger partial charge in [0.2, 0.25) is 0 Å². The second-order valence-electron chi connectivity index (χ2n) is 0.697. The first-order valence-corrected chi connectivity index (χ1v) is 1.52. The minimum absolute atomic E-state index is 0. The van der Waals surface area contributed by atoms with Crippen LogP contribution in [0.1, 0.15) is 13.3 Å². The first-order valence-electron chi connectivity index (χ1n) is 1.52. The first-order chi connectivity index (χ1) is 1.91. The molecule has 5 heavy (non-hydrogen) atoms. The highest BCUT2D eigenvalue weighted by atomic mass is 16.0. The number of allylic oxidation sites excluding steroid dienone is 1. The van der Waals surface area contributed by atoms with E-state index in [1.807, 2.05) is 6.08 Å². The minimum atomic E-state index is 0. The highest BCUT2D eigenvalue weighted by Crippen LogP contribution is 1.66. The zero-order chi connectivity index (χ0) is 3.41. The molecule has 0 saturated carbocycles. The summed E-state index contributed by atoms with van der Waals surface area (Å²) in [6.07, 6.45) is 2.96. The van der Waals surface area contributed by atoms with Gasteiger partial charge in [0.1, 0.15) is 0 Å². The van der Waals surface area contributed by atoms with Crippen molar-refractivity contribution < 1.29 is 5.48 Å². The highest BCUT2D eigenvalue weighted by Gasteiger charge is 1.45. The van der Waals surface area contributed by atoms with Crippen molar-refractivity contribution in [1.82, 2.24) is 0 Å². The van der Waals surface area contributed by atoms with Crippen LogP contribution in [0.4, 0.5) is 0 Å². The Morgan fingerprint density at radius 2 is 2.00 bits per heavy atom. The average molecular weight is 74.1 g/mol. The van der Waals surface area contributed by atoms with Gasteiger partial charge in [0.25, 0.3) is 0 Å². The molecule has 0 radical (unpaired) electrons. The molecule has 0 heterocycles. The molecule has 32 valence electrons. The third-order valence-corrected chi connectivity index (χ3v) is 0.289. The van der Waals surface area contributed by atoms with E-state index in [1.165, 1.54) is 0 Å². The van der Waals surface area contributed by atoms with Crippen LogP contribution in [0.15, 0.2) is 12.7 Å². The Kier molecular flexibility index (Phi) is 16.5. The minimum Gasteiger partial charge on any atom is -0.412 e. The largest absolute Gasteiger partial charge is 0.412 e. The van der Waals surface area contributed by atoms with Crippen LogP contribution in [0.3, 0.4) is 0 Å². The van der Waals surface area contributed by atoms with Crippen LogP contribution in [-0.2, 0) is 0 Å². The van der Waals surface area contributed by atoms with Crippen LogP contribution in [0, 0.1) is 0 Å². The Bertz CT molecular complexity index is 17.6. The zero-order valence-corrected chi connectivity index (χ0v) is 3.49. The van der Waals surface area contributed by atoms with Crippen LogP contribution in [0.25, 0.3) is 0 Å². The molecule has 0 atom stereocenters. The van der Waals surface area contributed by atoms with Crippen molar-refractivity contribution in [2.75, 3.05) is 0 Å². The van der Waals surface area contributed by atoms with Gasteiger partial charge in [-0.1, -0.05) is 13.0 Å². The lowest BCUT2D eigenvalue weighted by molar-refractivity contribution is 0.824.